The second-order valence-corrected chi connectivity index (χ2v) is 8.45. The standard InChI is InChI=1S/C26H26N4O2S/c1-4-19-10-8-9-18(2)24(19)27-23(31)17-33-26-29-28-25(20-13-15-22(32-3)16-14-20)30(26)21-11-6-5-7-12-21/h5-16H,4,17H2,1-3H3,(H,27,31). The topological polar surface area (TPSA) is 69.0 Å². The van der Waals surface area contributed by atoms with Crippen molar-refractivity contribution < 1.29 is 9.53 Å². The van der Waals surface area contributed by atoms with E-state index in [1.807, 2.05) is 84.3 Å². The molecule has 0 aliphatic carbocycles. The summed E-state index contributed by atoms with van der Waals surface area (Å²) in [7, 11) is 1.64. The second kappa shape index (κ2) is 10.4. The number of hydrogen-bond acceptors (Lipinski definition) is 5. The minimum Gasteiger partial charge on any atom is -0.497 e. The van der Waals surface area contributed by atoms with E-state index in [1.54, 1.807) is 7.11 Å². The summed E-state index contributed by atoms with van der Waals surface area (Å²) >= 11 is 1.36. The fourth-order valence-electron chi connectivity index (χ4n) is 3.61. The highest BCUT2D eigenvalue weighted by Crippen LogP contribution is 2.29. The van der Waals surface area contributed by atoms with Crippen molar-refractivity contribution in [1.82, 2.24) is 14.8 Å². The number of hydrogen-bond donors (Lipinski definition) is 1. The summed E-state index contributed by atoms with van der Waals surface area (Å²) in [4.78, 5) is 12.8. The average Bonchev–Trinajstić information content (AvgIpc) is 3.28. The van der Waals surface area contributed by atoms with Crippen LogP contribution in [0.4, 0.5) is 5.69 Å². The van der Waals surface area contributed by atoms with Gasteiger partial charge in [-0.25, -0.2) is 0 Å². The first-order valence-electron chi connectivity index (χ1n) is 10.8. The lowest BCUT2D eigenvalue weighted by atomic mass is 10.1. The molecule has 0 unspecified atom stereocenters. The second-order valence-electron chi connectivity index (χ2n) is 7.51. The van der Waals surface area contributed by atoms with Crippen LogP contribution in [0.15, 0.2) is 78.0 Å². The smallest absolute Gasteiger partial charge is 0.234 e. The Morgan fingerprint density at radius 2 is 1.76 bits per heavy atom. The molecule has 1 heterocycles. The first kappa shape index (κ1) is 22.6. The summed E-state index contributed by atoms with van der Waals surface area (Å²) in [6, 6.07) is 23.7. The highest BCUT2D eigenvalue weighted by Gasteiger charge is 2.18. The molecule has 0 saturated heterocycles. The van der Waals surface area contributed by atoms with Gasteiger partial charge in [-0.15, -0.1) is 10.2 Å². The minimum absolute atomic E-state index is 0.0717. The Kier molecular flexibility index (Phi) is 7.10. The Labute approximate surface area is 198 Å². The van der Waals surface area contributed by atoms with E-state index in [1.165, 1.54) is 11.8 Å². The molecule has 33 heavy (non-hydrogen) atoms. The lowest BCUT2D eigenvalue weighted by Crippen LogP contribution is -2.16. The van der Waals surface area contributed by atoms with E-state index in [0.29, 0.717) is 11.0 Å². The summed E-state index contributed by atoms with van der Waals surface area (Å²) in [6.45, 7) is 4.09. The van der Waals surface area contributed by atoms with E-state index >= 15 is 0 Å². The molecule has 168 valence electrons. The van der Waals surface area contributed by atoms with Crippen molar-refractivity contribution in [1.29, 1.82) is 0 Å². The van der Waals surface area contributed by atoms with E-state index in [0.717, 1.165) is 40.2 Å². The normalized spacial score (nSPS) is 10.8. The molecule has 7 heteroatoms. The third-order valence-corrected chi connectivity index (χ3v) is 6.26. The number of nitrogens with zero attached hydrogens (tertiary/aromatic N) is 3. The molecule has 0 fully saturated rings. The average molecular weight is 459 g/mol. The number of anilines is 1. The number of carbonyl (C=O) groups is 1. The zero-order valence-corrected chi connectivity index (χ0v) is 19.7. The van der Waals surface area contributed by atoms with Crippen molar-refractivity contribution in [2.45, 2.75) is 25.4 Å². The highest BCUT2D eigenvalue weighted by molar-refractivity contribution is 7.99. The first-order chi connectivity index (χ1) is 16.1. The van der Waals surface area contributed by atoms with Crippen LogP contribution in [-0.2, 0) is 11.2 Å². The van der Waals surface area contributed by atoms with E-state index < -0.39 is 0 Å². The number of amides is 1. The minimum atomic E-state index is -0.0717. The number of methoxy groups -OCH3 is 1. The van der Waals surface area contributed by atoms with Crippen molar-refractivity contribution in [3.05, 3.63) is 83.9 Å². The summed E-state index contributed by atoms with van der Waals surface area (Å²) in [6.07, 6.45) is 0.859. The first-order valence-corrected chi connectivity index (χ1v) is 11.8. The molecule has 1 aromatic heterocycles. The SMILES string of the molecule is CCc1cccc(C)c1NC(=O)CSc1nnc(-c2ccc(OC)cc2)n1-c1ccccc1. The van der Waals surface area contributed by atoms with Crippen LogP contribution in [0, 0.1) is 6.92 Å². The number of rotatable bonds is 8. The quantitative estimate of drug-likeness (QED) is 0.351. The molecule has 4 aromatic rings. The fourth-order valence-corrected chi connectivity index (χ4v) is 4.36. The number of para-hydroxylation sites is 2. The molecule has 1 amide bonds. The fraction of sp³-hybridized carbons (Fsp3) is 0.192. The zero-order chi connectivity index (χ0) is 23.2. The molecular formula is C26H26N4O2S. The van der Waals surface area contributed by atoms with Crippen LogP contribution >= 0.6 is 11.8 Å². The monoisotopic (exact) mass is 458 g/mol. The number of benzene rings is 3. The molecule has 0 saturated carbocycles. The molecule has 1 N–H and O–H groups in total. The number of thioether (sulfide) groups is 1. The molecular weight excluding hydrogens is 432 g/mol. The maximum Gasteiger partial charge on any atom is 0.234 e. The maximum absolute atomic E-state index is 12.8. The third kappa shape index (κ3) is 5.09. The predicted molar refractivity (Wildman–Crippen MR) is 133 cm³/mol. The Morgan fingerprint density at radius 3 is 2.45 bits per heavy atom. The summed E-state index contributed by atoms with van der Waals surface area (Å²) in [5.41, 5.74) is 4.93. The van der Waals surface area contributed by atoms with Gasteiger partial charge in [-0.2, -0.15) is 0 Å². The third-order valence-electron chi connectivity index (χ3n) is 5.33. The zero-order valence-electron chi connectivity index (χ0n) is 18.9. The molecule has 0 bridgehead atoms. The molecule has 4 rings (SSSR count). The van der Waals surface area contributed by atoms with Gasteiger partial charge in [-0.3, -0.25) is 9.36 Å². The van der Waals surface area contributed by atoms with Crippen LogP contribution in [-0.4, -0.2) is 33.5 Å². The van der Waals surface area contributed by atoms with Crippen molar-refractivity contribution in [2.75, 3.05) is 18.2 Å². The van der Waals surface area contributed by atoms with Crippen molar-refractivity contribution in [3.63, 3.8) is 0 Å². The Morgan fingerprint density at radius 1 is 1.00 bits per heavy atom. The maximum atomic E-state index is 12.8. The van der Waals surface area contributed by atoms with E-state index in [9.17, 15) is 4.79 Å². The van der Waals surface area contributed by atoms with Crippen LogP contribution in [0.2, 0.25) is 0 Å². The largest absolute Gasteiger partial charge is 0.497 e. The van der Waals surface area contributed by atoms with Crippen LogP contribution in [0.25, 0.3) is 17.1 Å². The summed E-state index contributed by atoms with van der Waals surface area (Å²) < 4.78 is 7.25. The van der Waals surface area contributed by atoms with Gasteiger partial charge >= 0.3 is 0 Å². The predicted octanol–water partition coefficient (Wildman–Crippen LogP) is 5.54. The Hall–Kier alpha value is -3.58. The summed E-state index contributed by atoms with van der Waals surface area (Å²) in [5.74, 6) is 1.64. The van der Waals surface area contributed by atoms with Crippen LogP contribution in [0.3, 0.4) is 0 Å². The highest BCUT2D eigenvalue weighted by atomic mass is 32.2. The lowest BCUT2D eigenvalue weighted by molar-refractivity contribution is -0.113. The number of aromatic nitrogens is 3. The van der Waals surface area contributed by atoms with Gasteiger partial charge in [0.2, 0.25) is 5.91 Å². The molecule has 0 spiro atoms. The van der Waals surface area contributed by atoms with Gasteiger partial charge in [-0.05, 0) is 60.9 Å². The molecule has 0 aliphatic rings. The molecule has 0 aliphatic heterocycles. The van der Waals surface area contributed by atoms with E-state index in [-0.39, 0.29) is 11.7 Å². The van der Waals surface area contributed by atoms with Crippen LogP contribution < -0.4 is 10.1 Å². The lowest BCUT2D eigenvalue weighted by Gasteiger charge is -2.13. The van der Waals surface area contributed by atoms with Gasteiger partial charge in [-0.1, -0.05) is 55.1 Å². The molecule has 0 atom stereocenters. The van der Waals surface area contributed by atoms with Crippen molar-refractivity contribution in [2.24, 2.45) is 0 Å². The molecule has 0 radical (unpaired) electrons. The van der Waals surface area contributed by atoms with Gasteiger partial charge in [0.05, 0.1) is 12.9 Å². The van der Waals surface area contributed by atoms with Crippen molar-refractivity contribution in [3.8, 4) is 22.8 Å². The van der Waals surface area contributed by atoms with Gasteiger partial charge in [0.25, 0.3) is 0 Å². The number of aryl methyl sites for hydroxylation is 2. The number of carbonyl (C=O) groups excluding carboxylic acids is 1. The van der Waals surface area contributed by atoms with Crippen LogP contribution in [0.1, 0.15) is 18.1 Å². The number of ether oxygens (including phenoxy) is 1. The van der Waals surface area contributed by atoms with Gasteiger partial charge in [0, 0.05) is 16.9 Å². The molecule has 6 nitrogen and oxygen atoms in total. The van der Waals surface area contributed by atoms with Crippen LogP contribution in [0.5, 0.6) is 5.75 Å². The van der Waals surface area contributed by atoms with E-state index in [2.05, 4.69) is 22.4 Å². The summed E-state index contributed by atoms with van der Waals surface area (Å²) in [5, 5.41) is 12.6. The van der Waals surface area contributed by atoms with Gasteiger partial charge in [0.15, 0.2) is 11.0 Å². The van der Waals surface area contributed by atoms with Gasteiger partial charge in [0.1, 0.15) is 5.75 Å². The molecule has 3 aromatic carbocycles. The van der Waals surface area contributed by atoms with E-state index in [4.69, 9.17) is 4.74 Å². The Bertz CT molecular complexity index is 1240. The van der Waals surface area contributed by atoms with Crippen molar-refractivity contribution >= 4 is 23.4 Å². The number of nitrogens with one attached hydrogen (secondary N) is 1. The van der Waals surface area contributed by atoms with Gasteiger partial charge < -0.3 is 10.1 Å². The Balaban J connectivity index is 1.59.